The van der Waals surface area contributed by atoms with Gasteiger partial charge in [0, 0.05) is 13.1 Å². The molecular formula is C7H13NO2S. The Labute approximate surface area is 67.8 Å². The lowest BCUT2D eigenvalue weighted by atomic mass is 10.2. The lowest BCUT2D eigenvalue weighted by molar-refractivity contribution is 0.388. The fourth-order valence-electron chi connectivity index (χ4n) is 0.931. The van der Waals surface area contributed by atoms with Crippen molar-refractivity contribution in [2.75, 3.05) is 13.1 Å². The predicted molar refractivity (Wildman–Crippen MR) is 44.8 cm³/mol. The van der Waals surface area contributed by atoms with Gasteiger partial charge in [-0.25, -0.2) is 8.42 Å². The molecule has 0 aliphatic carbocycles. The minimum absolute atomic E-state index is 0.310. The minimum Gasteiger partial charge on any atom is -0.212 e. The van der Waals surface area contributed by atoms with E-state index in [0.717, 1.165) is 5.57 Å². The summed E-state index contributed by atoms with van der Waals surface area (Å²) in [5.74, 6) is 0. The molecule has 0 aromatic carbocycles. The smallest absolute Gasteiger partial charge is 0.212 e. The Hall–Kier alpha value is -0.350. The van der Waals surface area contributed by atoms with Crippen molar-refractivity contribution in [3.8, 4) is 0 Å². The molecule has 1 heterocycles. The molecule has 1 fully saturated rings. The first-order valence-corrected chi connectivity index (χ1v) is 5.10. The Bertz CT molecular complexity index is 258. The number of rotatable bonds is 2. The van der Waals surface area contributed by atoms with Gasteiger partial charge in [-0.2, -0.15) is 4.31 Å². The summed E-state index contributed by atoms with van der Waals surface area (Å²) in [6, 6.07) is 0. The van der Waals surface area contributed by atoms with Crippen LogP contribution in [0.3, 0.4) is 0 Å². The molecule has 1 rings (SSSR count). The summed E-state index contributed by atoms with van der Waals surface area (Å²) in [6.07, 6.45) is 0. The maximum absolute atomic E-state index is 11.3. The van der Waals surface area contributed by atoms with Crippen molar-refractivity contribution < 1.29 is 8.42 Å². The SMILES string of the molecule is C=C1CN(S(=O)(=O)C(C)C)C1. The summed E-state index contributed by atoms with van der Waals surface area (Å²) < 4.78 is 24.1. The quantitative estimate of drug-likeness (QED) is 0.576. The summed E-state index contributed by atoms with van der Waals surface area (Å²) in [5, 5.41) is -0.310. The van der Waals surface area contributed by atoms with Crippen LogP contribution in [0.4, 0.5) is 0 Å². The van der Waals surface area contributed by atoms with E-state index in [9.17, 15) is 8.42 Å². The molecule has 0 aromatic rings. The van der Waals surface area contributed by atoms with Crippen LogP contribution in [0.1, 0.15) is 13.8 Å². The molecule has 11 heavy (non-hydrogen) atoms. The first-order chi connectivity index (χ1) is 4.94. The van der Waals surface area contributed by atoms with E-state index in [1.807, 2.05) is 0 Å². The maximum Gasteiger partial charge on any atom is 0.217 e. The Morgan fingerprint density at radius 2 is 1.91 bits per heavy atom. The van der Waals surface area contributed by atoms with Crippen molar-refractivity contribution in [2.24, 2.45) is 0 Å². The molecule has 1 aliphatic rings. The van der Waals surface area contributed by atoms with Gasteiger partial charge >= 0.3 is 0 Å². The second kappa shape index (κ2) is 2.60. The molecule has 0 radical (unpaired) electrons. The van der Waals surface area contributed by atoms with E-state index in [1.54, 1.807) is 13.8 Å². The zero-order valence-electron chi connectivity index (χ0n) is 6.87. The number of hydrogen-bond acceptors (Lipinski definition) is 2. The van der Waals surface area contributed by atoms with E-state index in [0.29, 0.717) is 13.1 Å². The Balaban J connectivity index is 2.69. The molecule has 0 atom stereocenters. The Morgan fingerprint density at radius 3 is 2.18 bits per heavy atom. The lowest BCUT2D eigenvalue weighted by Gasteiger charge is -2.33. The highest BCUT2D eigenvalue weighted by atomic mass is 32.2. The third-order valence-corrected chi connectivity index (χ3v) is 3.92. The summed E-state index contributed by atoms with van der Waals surface area (Å²) >= 11 is 0. The third kappa shape index (κ3) is 1.46. The van der Waals surface area contributed by atoms with E-state index in [4.69, 9.17) is 0 Å². The molecule has 0 spiro atoms. The largest absolute Gasteiger partial charge is 0.217 e. The molecule has 0 bridgehead atoms. The van der Waals surface area contributed by atoms with Gasteiger partial charge in [0.25, 0.3) is 0 Å². The van der Waals surface area contributed by atoms with Gasteiger partial charge < -0.3 is 0 Å². The van der Waals surface area contributed by atoms with Crippen LogP contribution in [0.15, 0.2) is 12.2 Å². The van der Waals surface area contributed by atoms with Crippen molar-refractivity contribution in [1.82, 2.24) is 4.31 Å². The van der Waals surface area contributed by atoms with Gasteiger partial charge in [-0.3, -0.25) is 0 Å². The number of hydrogen-bond donors (Lipinski definition) is 0. The summed E-state index contributed by atoms with van der Waals surface area (Å²) in [7, 11) is -3.00. The van der Waals surface area contributed by atoms with Crippen molar-refractivity contribution in [1.29, 1.82) is 0 Å². The van der Waals surface area contributed by atoms with Crippen molar-refractivity contribution in [3.05, 3.63) is 12.2 Å². The molecule has 0 unspecified atom stereocenters. The predicted octanol–water partition coefficient (Wildman–Crippen LogP) is 0.596. The van der Waals surface area contributed by atoms with Gasteiger partial charge in [-0.05, 0) is 19.4 Å². The molecule has 1 saturated heterocycles. The first-order valence-electron chi connectivity index (χ1n) is 3.60. The van der Waals surface area contributed by atoms with E-state index in [1.165, 1.54) is 4.31 Å². The lowest BCUT2D eigenvalue weighted by Crippen LogP contribution is -2.46. The zero-order chi connectivity index (χ0) is 8.65. The summed E-state index contributed by atoms with van der Waals surface area (Å²) in [6.45, 7) is 8.09. The molecular weight excluding hydrogens is 162 g/mol. The van der Waals surface area contributed by atoms with E-state index in [2.05, 4.69) is 6.58 Å². The Kier molecular flexibility index (Phi) is 2.07. The highest BCUT2D eigenvalue weighted by molar-refractivity contribution is 7.89. The first kappa shape index (κ1) is 8.74. The molecule has 0 aromatic heterocycles. The number of nitrogens with zero attached hydrogens (tertiary/aromatic N) is 1. The van der Waals surface area contributed by atoms with Crippen LogP contribution in [0.25, 0.3) is 0 Å². The van der Waals surface area contributed by atoms with Gasteiger partial charge in [0.05, 0.1) is 5.25 Å². The molecule has 4 heteroatoms. The zero-order valence-corrected chi connectivity index (χ0v) is 7.69. The number of sulfonamides is 1. The fraction of sp³-hybridized carbons (Fsp3) is 0.714. The summed E-state index contributed by atoms with van der Waals surface area (Å²) in [4.78, 5) is 0. The highest BCUT2D eigenvalue weighted by Crippen LogP contribution is 2.19. The van der Waals surface area contributed by atoms with Crippen LogP contribution in [0, 0.1) is 0 Å². The van der Waals surface area contributed by atoms with Crippen molar-refractivity contribution in [2.45, 2.75) is 19.1 Å². The molecule has 0 N–H and O–H groups in total. The van der Waals surface area contributed by atoms with E-state index in [-0.39, 0.29) is 5.25 Å². The van der Waals surface area contributed by atoms with Crippen LogP contribution < -0.4 is 0 Å². The third-order valence-electron chi connectivity index (χ3n) is 1.76. The van der Waals surface area contributed by atoms with Gasteiger partial charge in [0.15, 0.2) is 0 Å². The monoisotopic (exact) mass is 175 g/mol. The van der Waals surface area contributed by atoms with E-state index >= 15 is 0 Å². The van der Waals surface area contributed by atoms with E-state index < -0.39 is 10.0 Å². The second-order valence-electron chi connectivity index (χ2n) is 3.11. The second-order valence-corrected chi connectivity index (χ2v) is 5.60. The minimum atomic E-state index is -3.00. The van der Waals surface area contributed by atoms with Gasteiger partial charge in [-0.15, -0.1) is 0 Å². The average Bonchev–Trinajstić information content (AvgIpc) is 1.80. The van der Waals surface area contributed by atoms with Crippen molar-refractivity contribution >= 4 is 10.0 Å². The Morgan fingerprint density at radius 1 is 1.45 bits per heavy atom. The van der Waals surface area contributed by atoms with Gasteiger partial charge in [-0.1, -0.05) is 6.58 Å². The molecule has 64 valence electrons. The normalized spacial score (nSPS) is 20.5. The van der Waals surface area contributed by atoms with Gasteiger partial charge in [0.1, 0.15) is 0 Å². The van der Waals surface area contributed by atoms with Crippen LogP contribution in [-0.2, 0) is 10.0 Å². The highest BCUT2D eigenvalue weighted by Gasteiger charge is 2.32. The van der Waals surface area contributed by atoms with Crippen LogP contribution in [0.2, 0.25) is 0 Å². The van der Waals surface area contributed by atoms with Crippen LogP contribution >= 0.6 is 0 Å². The standard InChI is InChI=1S/C7H13NO2S/c1-6(2)11(9,10)8-4-7(3)5-8/h6H,3-5H2,1-2H3. The van der Waals surface area contributed by atoms with Crippen molar-refractivity contribution in [3.63, 3.8) is 0 Å². The fourth-order valence-corrected chi connectivity index (χ4v) is 2.25. The topological polar surface area (TPSA) is 37.4 Å². The molecule has 0 amide bonds. The van der Waals surface area contributed by atoms with Crippen LogP contribution in [-0.4, -0.2) is 31.1 Å². The van der Waals surface area contributed by atoms with Gasteiger partial charge in [0.2, 0.25) is 10.0 Å². The summed E-state index contributed by atoms with van der Waals surface area (Å²) in [5.41, 5.74) is 0.995. The average molecular weight is 175 g/mol. The maximum atomic E-state index is 11.3. The molecule has 0 saturated carbocycles. The van der Waals surface area contributed by atoms with Crippen LogP contribution in [0.5, 0.6) is 0 Å². The molecule has 1 aliphatic heterocycles. The molecule has 3 nitrogen and oxygen atoms in total.